The molecule has 3 atom stereocenters. The first-order chi connectivity index (χ1) is 21.2. The Morgan fingerprint density at radius 2 is 1.78 bits per heavy atom. The predicted molar refractivity (Wildman–Crippen MR) is 173 cm³/mol. The quantitative estimate of drug-likeness (QED) is 0.217. The van der Waals surface area contributed by atoms with E-state index in [4.69, 9.17) is 19.1 Å². The molecule has 234 valence electrons. The van der Waals surface area contributed by atoms with Gasteiger partial charge in [0.25, 0.3) is 0 Å². The summed E-state index contributed by atoms with van der Waals surface area (Å²) in [5.74, 6) is 0.566. The Hall–Kier alpha value is -3.89. The zero-order valence-electron chi connectivity index (χ0n) is 26.6. The molecule has 0 saturated heterocycles. The monoisotopic (exact) mass is 628 g/mol. The molecule has 7 nitrogen and oxygen atoms in total. The maximum atomic E-state index is 13.6. The molecular weight excluding hydrogens is 590 g/mol. The lowest BCUT2D eigenvalue weighted by Gasteiger charge is -2.42. The number of nitrogens with zero attached hydrogens (tertiary/aromatic N) is 3. The Labute approximate surface area is 262 Å². The third-order valence-electron chi connectivity index (χ3n) is 10.3. The summed E-state index contributed by atoms with van der Waals surface area (Å²) in [6.45, 7) is 12.2. The first-order valence-electron chi connectivity index (χ1n) is 15.4. The van der Waals surface area contributed by atoms with Crippen molar-refractivity contribution in [1.82, 2.24) is 19.5 Å². The zero-order valence-corrected chi connectivity index (χ0v) is 27.6. The van der Waals surface area contributed by atoms with E-state index in [-0.39, 0.29) is 34.4 Å². The van der Waals surface area contributed by atoms with E-state index in [0.717, 1.165) is 39.0 Å². The number of allylic oxidation sites excluding steroid dienone is 1. The maximum absolute atomic E-state index is 13.6. The molecule has 1 aliphatic heterocycles. The van der Waals surface area contributed by atoms with Crippen LogP contribution < -0.4 is 10.4 Å². The Morgan fingerprint density at radius 3 is 2.47 bits per heavy atom. The molecule has 0 amide bonds. The lowest BCUT2D eigenvalue weighted by molar-refractivity contribution is -0.0506. The number of hydrogen-bond acceptors (Lipinski definition) is 5. The standard InChI is InChI=1S/C35H38F2N4O3Si/c1-34(2,3)45(6,7)44-35(4,5)31-38-16-21(17-39-31)19-11-12-20-14-24-26-15-25(29(24)23(20)13-19)30-22(27-18-40-33(42)41(26)27)9-8-10-28(30)43-32(36)37/h8-14,16-18,25-26,29,32H,15H2,1-7H3,(H,40,42)/t25?,26?,29-/m0/s1. The van der Waals surface area contributed by atoms with Crippen LogP contribution in [0.15, 0.2) is 65.4 Å². The van der Waals surface area contributed by atoms with Crippen molar-refractivity contribution in [3.8, 4) is 28.1 Å². The first-order valence-corrected chi connectivity index (χ1v) is 18.3. The van der Waals surface area contributed by atoms with Gasteiger partial charge in [0.15, 0.2) is 14.1 Å². The molecule has 1 saturated carbocycles. The minimum absolute atomic E-state index is 0.0579. The summed E-state index contributed by atoms with van der Waals surface area (Å²) in [6, 6.07) is 11.3. The molecule has 2 aliphatic carbocycles. The van der Waals surface area contributed by atoms with Crippen LogP contribution in [-0.2, 0) is 10.0 Å². The van der Waals surface area contributed by atoms with Gasteiger partial charge in [0.2, 0.25) is 0 Å². The number of aromatic nitrogens is 4. The van der Waals surface area contributed by atoms with Crippen molar-refractivity contribution in [3.63, 3.8) is 0 Å². The number of halogens is 2. The molecule has 3 heterocycles. The SMILES string of the molecule is CC(C)(O[Si](C)(C)C(C)(C)C)c1ncc(-c2ccc3c(c2)[C@H]2C(=C3)C3CC2c2c(OC(F)F)cccc2-c2c[nH]c(=O)n23)cn1. The summed E-state index contributed by atoms with van der Waals surface area (Å²) >= 11 is 0. The Morgan fingerprint density at radius 1 is 1.04 bits per heavy atom. The first kappa shape index (κ1) is 29.8. The van der Waals surface area contributed by atoms with Gasteiger partial charge >= 0.3 is 12.3 Å². The average molecular weight is 629 g/mol. The van der Waals surface area contributed by atoms with Crippen LogP contribution in [0.5, 0.6) is 5.75 Å². The summed E-state index contributed by atoms with van der Waals surface area (Å²) in [4.78, 5) is 25.5. The molecule has 0 radical (unpaired) electrons. The number of ether oxygens (including phenoxy) is 1. The fourth-order valence-corrected chi connectivity index (χ4v) is 8.95. The van der Waals surface area contributed by atoms with Gasteiger partial charge in [-0.2, -0.15) is 8.78 Å². The molecule has 2 bridgehead atoms. The smallest absolute Gasteiger partial charge is 0.387 e. The van der Waals surface area contributed by atoms with E-state index in [0.29, 0.717) is 17.9 Å². The van der Waals surface area contributed by atoms with Crippen molar-refractivity contribution in [3.05, 3.63) is 93.6 Å². The second-order valence-electron chi connectivity index (χ2n) is 14.4. The number of alkyl halides is 2. The number of nitrogens with one attached hydrogen (secondary N) is 1. The number of fused-ring (bicyclic) bond motifs is 6. The molecule has 1 N–H and O–H groups in total. The van der Waals surface area contributed by atoms with Crippen LogP contribution in [-0.4, -0.2) is 34.4 Å². The van der Waals surface area contributed by atoms with Crippen molar-refractivity contribution < 1.29 is 17.9 Å². The number of aromatic amines is 1. The van der Waals surface area contributed by atoms with Crippen LogP contribution in [0.1, 0.15) is 81.4 Å². The highest BCUT2D eigenvalue weighted by molar-refractivity contribution is 6.74. The van der Waals surface area contributed by atoms with Crippen molar-refractivity contribution >= 4 is 14.4 Å². The molecule has 45 heavy (non-hydrogen) atoms. The Bertz CT molecular complexity index is 1900. The number of imidazole rings is 1. The Kier molecular flexibility index (Phi) is 6.66. The second-order valence-corrected chi connectivity index (χ2v) is 19.2. The topological polar surface area (TPSA) is 82.0 Å². The van der Waals surface area contributed by atoms with Crippen LogP contribution >= 0.6 is 0 Å². The van der Waals surface area contributed by atoms with Crippen molar-refractivity contribution in [2.75, 3.05) is 0 Å². The fraction of sp³-hybridized carbons (Fsp3) is 0.400. The second kappa shape index (κ2) is 10.1. The van der Waals surface area contributed by atoms with Gasteiger partial charge in [0.05, 0.1) is 11.7 Å². The highest BCUT2D eigenvalue weighted by Crippen LogP contribution is 2.63. The molecule has 2 aromatic carbocycles. The van der Waals surface area contributed by atoms with E-state index in [2.05, 4.69) is 63.1 Å². The molecular formula is C35H38F2N4O3Si. The molecule has 7 rings (SSSR count). The van der Waals surface area contributed by atoms with Crippen LogP contribution in [0.3, 0.4) is 0 Å². The highest BCUT2D eigenvalue weighted by atomic mass is 28.4. The van der Waals surface area contributed by atoms with Gasteiger partial charge in [-0.1, -0.05) is 51.1 Å². The molecule has 0 spiro atoms. The van der Waals surface area contributed by atoms with E-state index in [1.807, 2.05) is 32.3 Å². The van der Waals surface area contributed by atoms with E-state index in [9.17, 15) is 13.6 Å². The van der Waals surface area contributed by atoms with Crippen LogP contribution in [0.4, 0.5) is 8.78 Å². The Balaban J connectivity index is 1.26. The third kappa shape index (κ3) is 4.72. The van der Waals surface area contributed by atoms with Gasteiger partial charge < -0.3 is 14.1 Å². The average Bonchev–Trinajstić information content (AvgIpc) is 3.60. The van der Waals surface area contributed by atoms with Crippen molar-refractivity contribution in [1.29, 1.82) is 0 Å². The molecule has 3 aliphatic rings. The van der Waals surface area contributed by atoms with E-state index in [1.165, 1.54) is 0 Å². The van der Waals surface area contributed by atoms with Crippen molar-refractivity contribution in [2.45, 2.75) is 89.3 Å². The number of hydrogen-bond donors (Lipinski definition) is 1. The van der Waals surface area contributed by atoms with Gasteiger partial charge in [-0.05, 0) is 72.8 Å². The molecule has 4 aromatic rings. The largest absolute Gasteiger partial charge is 0.435 e. The van der Waals surface area contributed by atoms with Gasteiger partial charge in [0.1, 0.15) is 11.4 Å². The van der Waals surface area contributed by atoms with Gasteiger partial charge in [-0.25, -0.2) is 14.8 Å². The number of H-pyrrole nitrogens is 1. The van der Waals surface area contributed by atoms with Gasteiger partial charge in [0, 0.05) is 47.1 Å². The number of benzene rings is 2. The van der Waals surface area contributed by atoms with Crippen LogP contribution in [0.25, 0.3) is 28.5 Å². The summed E-state index contributed by atoms with van der Waals surface area (Å²) in [5, 5.41) is 0.0579. The van der Waals surface area contributed by atoms with Gasteiger partial charge in [-0.15, -0.1) is 0 Å². The zero-order chi connectivity index (χ0) is 32.1. The van der Waals surface area contributed by atoms with E-state index >= 15 is 0 Å². The lowest BCUT2D eigenvalue weighted by Crippen LogP contribution is -2.46. The minimum Gasteiger partial charge on any atom is -0.435 e. The molecule has 10 heteroatoms. The normalized spacial score (nSPS) is 20.3. The lowest BCUT2D eigenvalue weighted by atomic mass is 9.80. The summed E-state index contributed by atoms with van der Waals surface area (Å²) in [7, 11) is -2.06. The molecule has 1 fully saturated rings. The summed E-state index contributed by atoms with van der Waals surface area (Å²) < 4.78 is 40.8. The van der Waals surface area contributed by atoms with Gasteiger partial charge in [-0.3, -0.25) is 4.57 Å². The van der Waals surface area contributed by atoms with E-state index in [1.54, 1.807) is 22.9 Å². The van der Waals surface area contributed by atoms with Crippen molar-refractivity contribution in [2.24, 2.45) is 0 Å². The summed E-state index contributed by atoms with van der Waals surface area (Å²) in [6.07, 6.45) is 8.14. The maximum Gasteiger partial charge on any atom is 0.387 e. The predicted octanol–water partition coefficient (Wildman–Crippen LogP) is 8.38. The molecule has 2 aromatic heterocycles. The summed E-state index contributed by atoms with van der Waals surface area (Å²) in [5.41, 5.74) is 6.43. The minimum atomic E-state index is -2.96. The molecule has 2 unspecified atom stereocenters. The third-order valence-corrected chi connectivity index (χ3v) is 14.9. The fourth-order valence-electron chi connectivity index (χ4n) is 7.28. The highest BCUT2D eigenvalue weighted by Gasteiger charge is 2.49. The van der Waals surface area contributed by atoms with E-state index < -0.39 is 20.5 Å². The van der Waals surface area contributed by atoms with Crippen LogP contribution in [0.2, 0.25) is 18.1 Å². The number of rotatable bonds is 6. The van der Waals surface area contributed by atoms with Crippen LogP contribution in [0, 0.1) is 0 Å².